The summed E-state index contributed by atoms with van der Waals surface area (Å²) in [6, 6.07) is 3.86. The predicted molar refractivity (Wildman–Crippen MR) is 82.8 cm³/mol. The largest absolute Gasteiger partial charge is 0.377 e. The molecule has 2 rings (SSSR count). The van der Waals surface area contributed by atoms with Crippen LogP contribution in [0.2, 0.25) is 5.02 Å². The molecular formula is C13H16Cl2N2O5. The van der Waals surface area contributed by atoms with Gasteiger partial charge in [-0.2, -0.15) is 0 Å². The molecule has 0 radical (unpaired) electrons. The fourth-order valence-corrected chi connectivity index (χ4v) is 1.78. The summed E-state index contributed by atoms with van der Waals surface area (Å²) in [5.41, 5.74) is -0.110. The summed E-state index contributed by atoms with van der Waals surface area (Å²) in [4.78, 5) is 21.4. The molecule has 0 bridgehead atoms. The van der Waals surface area contributed by atoms with Crippen molar-refractivity contribution in [1.29, 1.82) is 0 Å². The van der Waals surface area contributed by atoms with Crippen LogP contribution in [0.15, 0.2) is 18.2 Å². The molecule has 1 aliphatic rings. The van der Waals surface area contributed by atoms with Crippen LogP contribution in [0.5, 0.6) is 0 Å². The Labute approximate surface area is 137 Å². The summed E-state index contributed by atoms with van der Waals surface area (Å²) in [6.07, 6.45) is 0. The van der Waals surface area contributed by atoms with Crippen molar-refractivity contribution in [3.8, 4) is 0 Å². The first-order valence-electron chi connectivity index (χ1n) is 6.50. The van der Waals surface area contributed by atoms with Gasteiger partial charge in [0.2, 0.25) is 0 Å². The quantitative estimate of drug-likeness (QED) is 0.510. The highest BCUT2D eigenvalue weighted by Crippen LogP contribution is 2.24. The van der Waals surface area contributed by atoms with E-state index in [-0.39, 0.29) is 22.2 Å². The second kappa shape index (κ2) is 10.3. The Morgan fingerprint density at radius 3 is 2.32 bits per heavy atom. The SMILES string of the molecule is C1COCCO1.O=C(NCCCl)c1ccc(Cl)c([N+](=O)[O-])c1. The molecule has 0 aliphatic carbocycles. The van der Waals surface area contributed by atoms with Crippen molar-refractivity contribution >= 4 is 34.8 Å². The lowest BCUT2D eigenvalue weighted by atomic mass is 10.2. The lowest BCUT2D eigenvalue weighted by Gasteiger charge is -2.09. The number of benzene rings is 1. The number of hydrogen-bond donors (Lipinski definition) is 1. The third-order valence-corrected chi connectivity index (χ3v) is 3.04. The van der Waals surface area contributed by atoms with E-state index in [2.05, 4.69) is 5.32 Å². The molecule has 9 heteroatoms. The molecule has 1 aliphatic heterocycles. The van der Waals surface area contributed by atoms with Crippen molar-refractivity contribution in [3.05, 3.63) is 38.9 Å². The van der Waals surface area contributed by atoms with Crippen LogP contribution in [0.3, 0.4) is 0 Å². The summed E-state index contributed by atoms with van der Waals surface area (Å²) in [7, 11) is 0. The lowest BCUT2D eigenvalue weighted by Crippen LogP contribution is -2.25. The van der Waals surface area contributed by atoms with E-state index in [1.54, 1.807) is 0 Å². The molecule has 7 nitrogen and oxygen atoms in total. The molecule has 0 aromatic heterocycles. The zero-order valence-electron chi connectivity index (χ0n) is 11.7. The number of nitro benzene ring substituents is 1. The Bertz CT molecular complexity index is 498. The van der Waals surface area contributed by atoms with Gasteiger partial charge in [0.05, 0.1) is 31.4 Å². The number of nitro groups is 1. The van der Waals surface area contributed by atoms with Crippen molar-refractivity contribution in [1.82, 2.24) is 5.32 Å². The number of alkyl halides is 1. The molecule has 0 spiro atoms. The van der Waals surface area contributed by atoms with Crippen LogP contribution in [0.1, 0.15) is 10.4 Å². The van der Waals surface area contributed by atoms with Gasteiger partial charge >= 0.3 is 0 Å². The number of carbonyl (C=O) groups is 1. The highest BCUT2D eigenvalue weighted by Gasteiger charge is 2.15. The van der Waals surface area contributed by atoms with Gasteiger partial charge in [0.25, 0.3) is 11.6 Å². The average molecular weight is 351 g/mol. The van der Waals surface area contributed by atoms with Crippen LogP contribution < -0.4 is 5.32 Å². The van der Waals surface area contributed by atoms with E-state index in [9.17, 15) is 14.9 Å². The normalized spacial score (nSPS) is 13.7. The molecule has 22 heavy (non-hydrogen) atoms. The highest BCUT2D eigenvalue weighted by molar-refractivity contribution is 6.32. The molecule has 1 aromatic carbocycles. The van der Waals surface area contributed by atoms with Gasteiger partial charge in [-0.05, 0) is 12.1 Å². The third kappa shape index (κ3) is 6.57. The molecular weight excluding hydrogens is 335 g/mol. The van der Waals surface area contributed by atoms with Crippen LogP contribution >= 0.6 is 23.2 Å². The zero-order chi connectivity index (χ0) is 16.4. The molecule has 0 saturated carbocycles. The number of nitrogens with zero attached hydrogens (tertiary/aromatic N) is 1. The van der Waals surface area contributed by atoms with Gasteiger partial charge < -0.3 is 14.8 Å². The average Bonchev–Trinajstić information content (AvgIpc) is 2.55. The van der Waals surface area contributed by atoms with Gasteiger partial charge in [-0.1, -0.05) is 11.6 Å². The van der Waals surface area contributed by atoms with Crippen molar-refractivity contribution in [2.45, 2.75) is 0 Å². The van der Waals surface area contributed by atoms with E-state index >= 15 is 0 Å². The van der Waals surface area contributed by atoms with Gasteiger partial charge in [0.15, 0.2) is 0 Å². The second-order valence-electron chi connectivity index (χ2n) is 4.09. The summed E-state index contributed by atoms with van der Waals surface area (Å²) >= 11 is 11.0. The summed E-state index contributed by atoms with van der Waals surface area (Å²) < 4.78 is 9.89. The summed E-state index contributed by atoms with van der Waals surface area (Å²) in [5.74, 6) is -0.137. The molecule has 1 saturated heterocycles. The van der Waals surface area contributed by atoms with Gasteiger partial charge in [-0.15, -0.1) is 11.6 Å². The molecule has 1 N–H and O–H groups in total. The topological polar surface area (TPSA) is 90.7 Å². The third-order valence-electron chi connectivity index (χ3n) is 2.53. The maximum absolute atomic E-state index is 11.5. The minimum atomic E-state index is -0.638. The van der Waals surface area contributed by atoms with E-state index in [1.807, 2.05) is 0 Å². The molecule has 0 atom stereocenters. The lowest BCUT2D eigenvalue weighted by molar-refractivity contribution is -0.384. The Morgan fingerprint density at radius 1 is 1.27 bits per heavy atom. The van der Waals surface area contributed by atoms with Gasteiger partial charge in [0, 0.05) is 24.1 Å². The van der Waals surface area contributed by atoms with Crippen LogP contribution in [-0.4, -0.2) is 49.7 Å². The second-order valence-corrected chi connectivity index (χ2v) is 4.88. The minimum absolute atomic E-state index is 0.00102. The number of ether oxygens (including phenoxy) is 2. The number of nitrogens with one attached hydrogen (secondary N) is 1. The fraction of sp³-hybridized carbons (Fsp3) is 0.462. The van der Waals surface area contributed by atoms with Crippen LogP contribution in [-0.2, 0) is 9.47 Å². The smallest absolute Gasteiger partial charge is 0.288 e. The van der Waals surface area contributed by atoms with Gasteiger partial charge in [-0.25, -0.2) is 0 Å². The van der Waals surface area contributed by atoms with E-state index in [0.29, 0.717) is 6.54 Å². The molecule has 1 fully saturated rings. The minimum Gasteiger partial charge on any atom is -0.377 e. The van der Waals surface area contributed by atoms with Gasteiger partial charge in [-0.3, -0.25) is 14.9 Å². The highest BCUT2D eigenvalue weighted by atomic mass is 35.5. The number of rotatable bonds is 4. The Kier molecular flexibility index (Phi) is 8.76. The number of carbonyl (C=O) groups excluding carboxylic acids is 1. The van der Waals surface area contributed by atoms with E-state index in [4.69, 9.17) is 32.7 Å². The fourth-order valence-electron chi connectivity index (χ4n) is 1.50. The monoisotopic (exact) mass is 350 g/mol. The van der Waals surface area contributed by atoms with Gasteiger partial charge in [0.1, 0.15) is 5.02 Å². The summed E-state index contributed by atoms with van der Waals surface area (Å²) in [5, 5.41) is 13.1. The first-order valence-corrected chi connectivity index (χ1v) is 7.41. The maximum Gasteiger partial charge on any atom is 0.288 e. The standard InChI is InChI=1S/C9H8Cl2N2O3.C4H8O2/c10-3-4-12-9(14)6-1-2-7(11)8(5-6)13(15)16;1-2-6-4-3-5-1/h1-2,5H,3-4H2,(H,12,14);1-4H2. The first kappa shape index (κ1) is 18.6. The number of hydrogen-bond acceptors (Lipinski definition) is 5. The van der Waals surface area contributed by atoms with Crippen molar-refractivity contribution in [2.75, 3.05) is 38.9 Å². The van der Waals surface area contributed by atoms with E-state index in [0.717, 1.165) is 32.5 Å². The van der Waals surface area contributed by atoms with Crippen LogP contribution in [0.4, 0.5) is 5.69 Å². The predicted octanol–water partition coefficient (Wildman–Crippen LogP) is 2.25. The maximum atomic E-state index is 11.5. The van der Waals surface area contributed by atoms with Crippen molar-refractivity contribution in [3.63, 3.8) is 0 Å². The van der Waals surface area contributed by atoms with E-state index in [1.165, 1.54) is 12.1 Å². The van der Waals surface area contributed by atoms with Crippen molar-refractivity contribution < 1.29 is 19.2 Å². The molecule has 122 valence electrons. The Hall–Kier alpha value is -1.41. The van der Waals surface area contributed by atoms with Crippen LogP contribution in [0, 0.1) is 10.1 Å². The Morgan fingerprint density at radius 2 is 1.86 bits per heavy atom. The van der Waals surface area contributed by atoms with Crippen molar-refractivity contribution in [2.24, 2.45) is 0 Å². The Balaban J connectivity index is 0.000000335. The number of halogens is 2. The number of amides is 1. The zero-order valence-corrected chi connectivity index (χ0v) is 13.2. The van der Waals surface area contributed by atoms with E-state index < -0.39 is 10.8 Å². The molecule has 1 aromatic rings. The molecule has 0 unspecified atom stereocenters. The summed E-state index contributed by atoms with van der Waals surface area (Å²) in [6.45, 7) is 3.41. The van der Waals surface area contributed by atoms with Crippen LogP contribution in [0.25, 0.3) is 0 Å². The first-order chi connectivity index (χ1) is 10.6. The molecule has 1 heterocycles. The molecule has 1 amide bonds.